The zero-order chi connectivity index (χ0) is 30.8. The fourth-order valence-electron chi connectivity index (χ4n) is 3.49. The van der Waals surface area contributed by atoms with E-state index in [4.69, 9.17) is 23.2 Å². The molecule has 2 unspecified atom stereocenters. The number of benzene rings is 2. The molecule has 2 rings (SSSR count). The second-order valence-electron chi connectivity index (χ2n) is 8.84. The van der Waals surface area contributed by atoms with Gasteiger partial charge in [-0.2, -0.15) is 26.3 Å². The van der Waals surface area contributed by atoms with Gasteiger partial charge in [-0.05, 0) is 49.2 Å². The fraction of sp³-hybridized carbons (Fsp3) is 0.360. The number of amides is 2. The predicted molar refractivity (Wildman–Crippen MR) is 131 cm³/mol. The van der Waals surface area contributed by atoms with Crippen molar-refractivity contribution in [2.24, 2.45) is 0 Å². The van der Waals surface area contributed by atoms with Gasteiger partial charge in [-0.3, -0.25) is 9.59 Å². The third-order valence-electron chi connectivity index (χ3n) is 5.47. The lowest BCUT2D eigenvalue weighted by Crippen LogP contribution is -2.47. The summed E-state index contributed by atoms with van der Waals surface area (Å²) in [6, 6.07) is 2.26. The quantitative estimate of drug-likeness (QED) is 0.294. The minimum Gasteiger partial charge on any atom is -0.345 e. The van der Waals surface area contributed by atoms with Crippen molar-refractivity contribution in [3.63, 3.8) is 0 Å². The first-order valence-corrected chi connectivity index (χ1v) is 11.9. The van der Waals surface area contributed by atoms with Crippen LogP contribution in [0.1, 0.15) is 52.4 Å². The molecule has 0 radical (unpaired) electrons. The molecule has 0 aliphatic rings. The summed E-state index contributed by atoms with van der Waals surface area (Å²) in [5.74, 6) is -10.5. The third kappa shape index (κ3) is 8.79. The molecule has 40 heavy (non-hydrogen) atoms. The van der Waals surface area contributed by atoms with Gasteiger partial charge in [0.05, 0.1) is 10.0 Å². The molecule has 2 amide bonds. The molecule has 0 saturated carbocycles. The molecule has 220 valence electrons. The van der Waals surface area contributed by atoms with Gasteiger partial charge < -0.3 is 10.6 Å². The molecule has 0 aliphatic heterocycles. The highest BCUT2D eigenvalue weighted by molar-refractivity contribution is 6.42. The van der Waals surface area contributed by atoms with Crippen molar-refractivity contribution in [2.45, 2.75) is 51.0 Å². The van der Waals surface area contributed by atoms with Crippen molar-refractivity contribution in [1.29, 1.82) is 0 Å². The average Bonchev–Trinajstić information content (AvgIpc) is 2.81. The van der Waals surface area contributed by atoms with Crippen LogP contribution in [-0.2, 0) is 10.7 Å². The molecular weight excluding hydrogens is 602 g/mol. The van der Waals surface area contributed by atoms with E-state index < -0.39 is 76.7 Å². The smallest absolute Gasteiger partial charge is 0.345 e. The molecule has 0 aliphatic carbocycles. The van der Waals surface area contributed by atoms with Crippen LogP contribution < -0.4 is 10.6 Å². The van der Waals surface area contributed by atoms with Gasteiger partial charge in [0.1, 0.15) is 24.3 Å². The Hall–Kier alpha value is -2.93. The van der Waals surface area contributed by atoms with Crippen LogP contribution >= 0.6 is 23.2 Å². The second-order valence-corrected chi connectivity index (χ2v) is 9.63. The summed E-state index contributed by atoms with van der Waals surface area (Å²) in [7, 11) is 0. The predicted octanol–water partition coefficient (Wildman–Crippen LogP) is 7.87. The summed E-state index contributed by atoms with van der Waals surface area (Å²) in [4.78, 5) is 24.4. The molecule has 0 saturated heterocycles. The molecule has 0 aromatic heterocycles. The fourth-order valence-corrected chi connectivity index (χ4v) is 3.87. The van der Waals surface area contributed by atoms with E-state index in [2.05, 4.69) is 0 Å². The number of aryl methyl sites for hydroxylation is 1. The number of allylic oxidation sites excluding steroid dienone is 1. The number of carbonyl (C=O) groups excluding carboxylic acids is 2. The maximum atomic E-state index is 15.1. The lowest BCUT2D eigenvalue weighted by Gasteiger charge is -2.20. The van der Waals surface area contributed by atoms with Gasteiger partial charge in [0, 0.05) is 23.6 Å². The van der Waals surface area contributed by atoms with Crippen molar-refractivity contribution >= 4 is 40.8 Å². The van der Waals surface area contributed by atoms with Gasteiger partial charge in [0.2, 0.25) is 5.91 Å². The summed E-state index contributed by atoms with van der Waals surface area (Å²) >= 11 is 11.7. The first-order chi connectivity index (χ1) is 18.1. The Morgan fingerprint density at radius 1 is 1.00 bits per heavy atom. The molecule has 2 aromatic rings. The molecule has 0 heterocycles. The van der Waals surface area contributed by atoms with Gasteiger partial charge >= 0.3 is 12.4 Å². The van der Waals surface area contributed by atoms with Crippen LogP contribution in [0.15, 0.2) is 36.4 Å². The van der Waals surface area contributed by atoms with Crippen molar-refractivity contribution in [3.05, 3.63) is 74.3 Å². The summed E-state index contributed by atoms with van der Waals surface area (Å²) < 4.78 is 122. The Balaban J connectivity index is 2.45. The van der Waals surface area contributed by atoms with Gasteiger partial charge in [0.25, 0.3) is 11.8 Å². The number of carbonyl (C=O) groups is 2. The van der Waals surface area contributed by atoms with Crippen molar-refractivity contribution < 1.29 is 49.1 Å². The van der Waals surface area contributed by atoms with Gasteiger partial charge in [0.15, 0.2) is 0 Å². The first-order valence-electron chi connectivity index (χ1n) is 11.2. The van der Waals surface area contributed by atoms with E-state index in [1.54, 1.807) is 0 Å². The number of nitrogens with one attached hydrogen (secondary N) is 2. The highest BCUT2D eigenvalue weighted by Crippen LogP contribution is 2.41. The third-order valence-corrected chi connectivity index (χ3v) is 6.37. The normalized spacial score (nSPS) is 14.5. The minimum absolute atomic E-state index is 0.00775. The van der Waals surface area contributed by atoms with Crippen LogP contribution in [0.3, 0.4) is 0 Å². The topological polar surface area (TPSA) is 58.2 Å². The summed E-state index contributed by atoms with van der Waals surface area (Å²) in [6.45, 7) is 1.00. The molecule has 0 spiro atoms. The molecular formula is C25H21Cl2F9N2O2. The Morgan fingerprint density at radius 2 is 1.60 bits per heavy atom. The Kier molecular flexibility index (Phi) is 10.2. The van der Waals surface area contributed by atoms with E-state index in [-0.39, 0.29) is 21.7 Å². The van der Waals surface area contributed by atoms with E-state index in [0.717, 1.165) is 25.1 Å². The Labute approximate surface area is 232 Å². The SMILES string of the molecule is Cc1cc(C(/C=C(\F)c2ccc(C(=O)NC(C)C(=O)NCC(F)(F)F)c(C(C)(F)F)c2)C(F)(F)F)cc(Cl)c1Cl. The zero-order valence-electron chi connectivity index (χ0n) is 20.8. The highest BCUT2D eigenvalue weighted by atomic mass is 35.5. The van der Waals surface area contributed by atoms with Crippen LogP contribution in [0, 0.1) is 6.92 Å². The molecule has 2 N–H and O–H groups in total. The number of alkyl halides is 8. The lowest BCUT2D eigenvalue weighted by molar-refractivity contribution is -0.139. The molecule has 0 bridgehead atoms. The largest absolute Gasteiger partial charge is 0.405 e. The van der Waals surface area contributed by atoms with E-state index in [9.17, 15) is 44.7 Å². The number of hydrogen-bond donors (Lipinski definition) is 2. The van der Waals surface area contributed by atoms with Crippen LogP contribution in [0.2, 0.25) is 10.0 Å². The van der Waals surface area contributed by atoms with E-state index in [1.807, 2.05) is 5.32 Å². The number of rotatable bonds is 8. The monoisotopic (exact) mass is 622 g/mol. The maximum Gasteiger partial charge on any atom is 0.405 e. The molecule has 15 heteroatoms. The average molecular weight is 623 g/mol. The van der Waals surface area contributed by atoms with E-state index in [1.165, 1.54) is 12.2 Å². The highest BCUT2D eigenvalue weighted by Gasteiger charge is 2.40. The van der Waals surface area contributed by atoms with E-state index in [0.29, 0.717) is 19.1 Å². The summed E-state index contributed by atoms with van der Waals surface area (Å²) in [6.07, 6.45) is -9.62. The van der Waals surface area contributed by atoms with Crippen LogP contribution in [0.5, 0.6) is 0 Å². The van der Waals surface area contributed by atoms with Crippen LogP contribution in [-0.4, -0.2) is 36.8 Å². The molecule has 0 fully saturated rings. The van der Waals surface area contributed by atoms with Crippen molar-refractivity contribution in [3.8, 4) is 0 Å². The Bertz CT molecular complexity index is 1280. The minimum atomic E-state index is -5.03. The Morgan fingerprint density at radius 3 is 2.10 bits per heavy atom. The molecule has 2 aromatic carbocycles. The van der Waals surface area contributed by atoms with Crippen LogP contribution in [0.4, 0.5) is 39.5 Å². The van der Waals surface area contributed by atoms with Gasteiger partial charge in [-0.25, -0.2) is 13.2 Å². The molecule has 2 atom stereocenters. The summed E-state index contributed by atoms with van der Waals surface area (Å²) in [5, 5.41) is 3.23. The van der Waals surface area contributed by atoms with Crippen molar-refractivity contribution in [2.75, 3.05) is 6.54 Å². The van der Waals surface area contributed by atoms with Gasteiger partial charge in [-0.15, -0.1) is 0 Å². The number of hydrogen-bond acceptors (Lipinski definition) is 2. The van der Waals surface area contributed by atoms with Gasteiger partial charge in [-0.1, -0.05) is 35.3 Å². The zero-order valence-corrected chi connectivity index (χ0v) is 22.3. The standard InChI is InChI=1S/C25H21Cl2F9N2O2/c1-11-6-14(8-18(26)20(11)27)16(25(34,35)36)9-19(28)13-4-5-15(17(7-13)23(3,29)30)22(40)38-12(2)21(39)37-10-24(31,32)33/h4-9,12,16H,10H2,1-3H3,(H,37,39)(H,38,40)/b19-9-. The lowest BCUT2D eigenvalue weighted by atomic mass is 9.93. The molecule has 4 nitrogen and oxygen atoms in total. The van der Waals surface area contributed by atoms with Crippen molar-refractivity contribution in [1.82, 2.24) is 10.6 Å². The van der Waals surface area contributed by atoms with E-state index >= 15 is 4.39 Å². The van der Waals surface area contributed by atoms with Crippen LogP contribution in [0.25, 0.3) is 5.83 Å². The second kappa shape index (κ2) is 12.3. The number of halogens is 11. The summed E-state index contributed by atoms with van der Waals surface area (Å²) in [5.41, 5.74) is -2.91. The first kappa shape index (κ1) is 33.3. The maximum absolute atomic E-state index is 15.1.